The number of nitrogens with zero attached hydrogens (tertiary/aromatic N) is 2. The molecule has 0 aliphatic rings. The van der Waals surface area contributed by atoms with Crippen LogP contribution in [-0.4, -0.2) is 17.6 Å². The van der Waals surface area contributed by atoms with E-state index in [1.54, 1.807) is 6.07 Å². The maximum Gasteiger partial charge on any atom is 0.312 e. The Morgan fingerprint density at radius 2 is 2.38 bits per heavy atom. The second-order valence-corrected chi connectivity index (χ2v) is 3.30. The number of hydrogen-bond acceptors (Lipinski definition) is 5. The van der Waals surface area contributed by atoms with Crippen LogP contribution in [0.25, 0.3) is 0 Å². The van der Waals surface area contributed by atoms with Crippen molar-refractivity contribution in [2.75, 3.05) is 6.61 Å². The third-order valence-electron chi connectivity index (χ3n) is 1.72. The van der Waals surface area contributed by atoms with Crippen molar-refractivity contribution in [2.24, 2.45) is 5.73 Å². The molecule has 0 spiro atoms. The summed E-state index contributed by atoms with van der Waals surface area (Å²) in [6.07, 6.45) is 0. The molecule has 0 amide bonds. The second kappa shape index (κ2) is 5.30. The van der Waals surface area contributed by atoms with Crippen LogP contribution in [0.5, 0.6) is 5.75 Å². The third-order valence-corrected chi connectivity index (χ3v) is 2.01. The maximum atomic E-state index is 10.7. The molecule has 16 heavy (non-hydrogen) atoms. The number of nitrogens with two attached hydrogens (primary N) is 1. The van der Waals surface area contributed by atoms with E-state index in [-0.39, 0.29) is 23.1 Å². The molecule has 1 rings (SSSR count). The summed E-state index contributed by atoms with van der Waals surface area (Å²) >= 11 is 5.75. The molecule has 1 aromatic carbocycles. The van der Waals surface area contributed by atoms with E-state index >= 15 is 0 Å². The lowest BCUT2D eigenvalue weighted by Gasteiger charge is -2.08. The fraction of sp³-hybridized carbons (Fsp3) is 0.222. The molecule has 6 nitrogen and oxygen atoms in total. The minimum atomic E-state index is -0.851. The molecule has 0 heterocycles. The normalized spacial score (nSPS) is 11.6. The number of hydrogen-bond donors (Lipinski definition) is 1. The topological polar surface area (TPSA) is 102 Å². The zero-order valence-corrected chi connectivity index (χ0v) is 8.85. The summed E-state index contributed by atoms with van der Waals surface area (Å²) in [6, 6.07) is 5.06. The lowest BCUT2D eigenvalue weighted by Crippen LogP contribution is -2.25. The van der Waals surface area contributed by atoms with Gasteiger partial charge in [-0.3, -0.25) is 10.1 Å². The number of nitro benzene ring substituents is 1. The number of nitro groups is 1. The van der Waals surface area contributed by atoms with Crippen molar-refractivity contribution in [1.82, 2.24) is 0 Å². The Hall–Kier alpha value is -1.84. The average molecular weight is 242 g/mol. The summed E-state index contributed by atoms with van der Waals surface area (Å²) in [5.41, 5.74) is 5.05. The summed E-state index contributed by atoms with van der Waals surface area (Å²) < 4.78 is 5.06. The summed E-state index contributed by atoms with van der Waals surface area (Å²) in [5.74, 6) is -0.0696. The molecule has 84 valence electrons. The van der Waals surface area contributed by atoms with Crippen molar-refractivity contribution in [3.8, 4) is 11.8 Å². The SMILES string of the molecule is N#CC(N)COc1c(Cl)cccc1[N+](=O)[O-]. The molecule has 0 fully saturated rings. The zero-order valence-electron chi connectivity index (χ0n) is 8.09. The highest BCUT2D eigenvalue weighted by Crippen LogP contribution is 2.34. The van der Waals surface area contributed by atoms with Crippen LogP contribution in [0.3, 0.4) is 0 Å². The number of rotatable bonds is 4. The van der Waals surface area contributed by atoms with E-state index < -0.39 is 11.0 Å². The number of para-hydroxylation sites is 1. The van der Waals surface area contributed by atoms with Crippen LogP contribution in [0.4, 0.5) is 5.69 Å². The monoisotopic (exact) mass is 241 g/mol. The Morgan fingerprint density at radius 3 is 2.94 bits per heavy atom. The summed E-state index contributed by atoms with van der Waals surface area (Å²) in [4.78, 5) is 10.0. The van der Waals surface area contributed by atoms with Crippen LogP contribution in [0.2, 0.25) is 5.02 Å². The minimum Gasteiger partial charge on any atom is -0.483 e. The number of nitriles is 1. The summed E-state index contributed by atoms with van der Waals surface area (Å²) in [5, 5.41) is 19.2. The van der Waals surface area contributed by atoms with Crippen molar-refractivity contribution >= 4 is 17.3 Å². The number of ether oxygens (including phenoxy) is 1. The molecule has 0 radical (unpaired) electrons. The van der Waals surface area contributed by atoms with Crippen molar-refractivity contribution in [2.45, 2.75) is 6.04 Å². The van der Waals surface area contributed by atoms with E-state index in [2.05, 4.69) is 0 Å². The fourth-order valence-corrected chi connectivity index (χ4v) is 1.22. The Morgan fingerprint density at radius 1 is 1.69 bits per heavy atom. The molecule has 0 aliphatic heterocycles. The molecule has 0 saturated carbocycles. The Bertz CT molecular complexity index is 444. The van der Waals surface area contributed by atoms with Gasteiger partial charge in [-0.25, -0.2) is 0 Å². The van der Waals surface area contributed by atoms with E-state index in [0.29, 0.717) is 0 Å². The van der Waals surface area contributed by atoms with Crippen molar-refractivity contribution in [3.63, 3.8) is 0 Å². The molecular formula is C9H8ClN3O3. The molecule has 1 aromatic rings. The molecular weight excluding hydrogens is 234 g/mol. The van der Waals surface area contributed by atoms with Gasteiger partial charge in [0.2, 0.25) is 5.75 Å². The van der Waals surface area contributed by atoms with E-state index in [1.807, 2.05) is 0 Å². The van der Waals surface area contributed by atoms with E-state index in [0.717, 1.165) is 0 Å². The highest BCUT2D eigenvalue weighted by Gasteiger charge is 2.18. The van der Waals surface area contributed by atoms with Crippen molar-refractivity contribution in [3.05, 3.63) is 33.3 Å². The first-order valence-electron chi connectivity index (χ1n) is 4.27. The molecule has 0 aliphatic carbocycles. The predicted octanol–water partition coefficient (Wildman–Crippen LogP) is 1.48. The molecule has 2 N–H and O–H groups in total. The Kier molecular flexibility index (Phi) is 4.05. The second-order valence-electron chi connectivity index (χ2n) is 2.89. The van der Waals surface area contributed by atoms with Gasteiger partial charge < -0.3 is 10.5 Å². The average Bonchev–Trinajstić information content (AvgIpc) is 2.26. The predicted molar refractivity (Wildman–Crippen MR) is 57.2 cm³/mol. The lowest BCUT2D eigenvalue weighted by atomic mass is 10.3. The van der Waals surface area contributed by atoms with Gasteiger partial charge in [-0.1, -0.05) is 17.7 Å². The van der Waals surface area contributed by atoms with Crippen LogP contribution in [0, 0.1) is 21.4 Å². The van der Waals surface area contributed by atoms with Gasteiger partial charge in [0.05, 0.1) is 16.0 Å². The fourth-order valence-electron chi connectivity index (χ4n) is 0.994. The van der Waals surface area contributed by atoms with Crippen LogP contribution in [0.15, 0.2) is 18.2 Å². The van der Waals surface area contributed by atoms with Gasteiger partial charge in [-0.2, -0.15) is 5.26 Å². The smallest absolute Gasteiger partial charge is 0.312 e. The molecule has 1 unspecified atom stereocenters. The van der Waals surface area contributed by atoms with Gasteiger partial charge in [0.25, 0.3) is 0 Å². The highest BCUT2D eigenvalue weighted by atomic mass is 35.5. The van der Waals surface area contributed by atoms with Crippen LogP contribution in [-0.2, 0) is 0 Å². The standard InChI is InChI=1S/C9H8ClN3O3/c10-7-2-1-3-8(13(14)15)9(7)16-5-6(12)4-11/h1-3,6H,5,12H2. The van der Waals surface area contributed by atoms with Gasteiger partial charge in [0.1, 0.15) is 12.6 Å². The van der Waals surface area contributed by atoms with Crippen molar-refractivity contribution < 1.29 is 9.66 Å². The van der Waals surface area contributed by atoms with E-state index in [9.17, 15) is 10.1 Å². The highest BCUT2D eigenvalue weighted by molar-refractivity contribution is 6.32. The summed E-state index contributed by atoms with van der Waals surface area (Å²) in [6.45, 7) is -0.152. The molecule has 0 aromatic heterocycles. The first-order valence-corrected chi connectivity index (χ1v) is 4.65. The van der Waals surface area contributed by atoms with Gasteiger partial charge in [-0.15, -0.1) is 0 Å². The van der Waals surface area contributed by atoms with Gasteiger partial charge in [-0.05, 0) is 6.07 Å². The molecule has 0 saturated heterocycles. The van der Waals surface area contributed by atoms with Crippen LogP contribution >= 0.6 is 11.6 Å². The van der Waals surface area contributed by atoms with Gasteiger partial charge in [0.15, 0.2) is 0 Å². The molecule has 0 bridgehead atoms. The largest absolute Gasteiger partial charge is 0.483 e. The first kappa shape index (κ1) is 12.2. The third kappa shape index (κ3) is 2.82. The van der Waals surface area contributed by atoms with E-state index in [1.165, 1.54) is 18.2 Å². The van der Waals surface area contributed by atoms with Gasteiger partial charge >= 0.3 is 5.69 Å². The molecule has 7 heteroatoms. The van der Waals surface area contributed by atoms with E-state index in [4.69, 9.17) is 27.3 Å². The Balaban J connectivity index is 2.94. The maximum absolute atomic E-state index is 10.7. The summed E-state index contributed by atoms with van der Waals surface area (Å²) in [7, 11) is 0. The van der Waals surface area contributed by atoms with Crippen LogP contribution in [0.1, 0.15) is 0 Å². The minimum absolute atomic E-state index is 0.0696. The van der Waals surface area contributed by atoms with Crippen LogP contribution < -0.4 is 10.5 Å². The lowest BCUT2D eigenvalue weighted by molar-refractivity contribution is -0.385. The Labute approximate surface area is 96.3 Å². The van der Waals surface area contributed by atoms with Crippen molar-refractivity contribution in [1.29, 1.82) is 5.26 Å². The quantitative estimate of drug-likeness (QED) is 0.635. The number of halogens is 1. The number of benzene rings is 1. The zero-order chi connectivity index (χ0) is 12.1. The molecule has 1 atom stereocenters. The first-order chi connectivity index (χ1) is 7.56. The van der Waals surface area contributed by atoms with Gasteiger partial charge in [0, 0.05) is 6.07 Å².